The van der Waals surface area contributed by atoms with Crippen LogP contribution in [0, 0.1) is 0 Å². The zero-order valence-electron chi connectivity index (χ0n) is 9.07. The summed E-state index contributed by atoms with van der Waals surface area (Å²) in [5.74, 6) is 0. The number of aldehydes is 1. The predicted molar refractivity (Wildman–Crippen MR) is 58.5 cm³/mol. The number of rotatable bonds is 6. The Labute approximate surface area is 98.8 Å². The van der Waals surface area contributed by atoms with Crippen molar-refractivity contribution in [2.45, 2.75) is 11.8 Å². The average Bonchev–Trinajstić information content (AvgIpc) is 2.35. The lowest BCUT2D eigenvalue weighted by Gasteiger charge is -2.16. The molecule has 0 spiro atoms. The lowest BCUT2D eigenvalue weighted by Crippen LogP contribution is -2.30. The van der Waals surface area contributed by atoms with Crippen LogP contribution in [0.4, 0.5) is 0 Å². The number of benzene rings is 1. The fraction of sp³-hybridized carbons (Fsp3) is 0.200. The Hall–Kier alpha value is -1.73. The summed E-state index contributed by atoms with van der Waals surface area (Å²) in [5, 5.41) is 0. The second-order valence-corrected chi connectivity index (χ2v) is 4.69. The van der Waals surface area contributed by atoms with Gasteiger partial charge in [0.15, 0.2) is 6.29 Å². The summed E-state index contributed by atoms with van der Waals surface area (Å²) in [7, 11) is -4.14. The van der Waals surface area contributed by atoms with Gasteiger partial charge >= 0.3 is 0 Å². The normalized spacial score (nSPS) is 10.9. The van der Waals surface area contributed by atoms with Gasteiger partial charge in [0.2, 0.25) is 6.41 Å². The third-order valence-electron chi connectivity index (χ3n) is 1.90. The van der Waals surface area contributed by atoms with Gasteiger partial charge < -0.3 is 0 Å². The Morgan fingerprint density at radius 2 is 1.94 bits per heavy atom. The minimum Gasteiger partial charge on any atom is -0.298 e. The smallest absolute Gasteiger partial charge is 0.289 e. The van der Waals surface area contributed by atoms with Gasteiger partial charge in [0.1, 0.15) is 4.90 Å². The highest BCUT2D eigenvalue weighted by atomic mass is 32.2. The lowest BCUT2D eigenvalue weighted by molar-refractivity contribution is -0.142. The summed E-state index contributed by atoms with van der Waals surface area (Å²) in [6, 6.07) is 5.55. The van der Waals surface area contributed by atoms with E-state index in [2.05, 4.69) is 4.84 Å². The molecule has 0 aliphatic heterocycles. The minimum absolute atomic E-state index is 0.0151. The number of nitrogens with zero attached hydrogens (tertiary/aromatic N) is 1. The molecule has 0 saturated carbocycles. The standard InChI is InChI=1S/C10H11NO5S/c1-2-16-11(8-13)17(14,15)10-6-4-3-5-9(10)7-12/h3-8H,2H2,1H3. The molecule has 0 aliphatic rings. The molecule has 1 amide bonds. The Morgan fingerprint density at radius 1 is 1.29 bits per heavy atom. The molecule has 0 unspecified atom stereocenters. The maximum atomic E-state index is 11.9. The third-order valence-corrected chi connectivity index (χ3v) is 3.50. The summed E-state index contributed by atoms with van der Waals surface area (Å²) in [6.45, 7) is 1.55. The van der Waals surface area contributed by atoms with E-state index in [9.17, 15) is 18.0 Å². The highest BCUT2D eigenvalue weighted by molar-refractivity contribution is 7.89. The second-order valence-electron chi connectivity index (χ2n) is 2.94. The van der Waals surface area contributed by atoms with Gasteiger partial charge in [-0.15, -0.1) is 4.47 Å². The number of carbonyl (C=O) groups is 2. The van der Waals surface area contributed by atoms with Crippen LogP contribution in [-0.4, -0.2) is 32.2 Å². The van der Waals surface area contributed by atoms with E-state index in [4.69, 9.17) is 0 Å². The van der Waals surface area contributed by atoms with Crippen LogP contribution in [0.1, 0.15) is 17.3 Å². The number of sulfonamides is 1. The van der Waals surface area contributed by atoms with Crippen LogP contribution in [0.15, 0.2) is 29.2 Å². The first-order valence-corrected chi connectivity index (χ1v) is 6.18. The fourth-order valence-corrected chi connectivity index (χ4v) is 2.41. The molecule has 0 N–H and O–H groups in total. The molecule has 0 heterocycles. The van der Waals surface area contributed by atoms with Crippen LogP contribution in [0.3, 0.4) is 0 Å². The van der Waals surface area contributed by atoms with Crippen molar-refractivity contribution in [2.75, 3.05) is 6.61 Å². The molecule has 0 saturated heterocycles. The summed E-state index contributed by atoms with van der Waals surface area (Å²) in [6.07, 6.45) is 0.447. The summed E-state index contributed by atoms with van der Waals surface area (Å²) in [5.41, 5.74) is -0.0287. The molecule has 1 rings (SSSR count). The third kappa shape index (κ3) is 2.69. The van der Waals surface area contributed by atoms with E-state index in [1.54, 1.807) is 0 Å². The van der Waals surface area contributed by atoms with E-state index in [1.807, 2.05) is 0 Å². The average molecular weight is 257 g/mol. The van der Waals surface area contributed by atoms with Crippen molar-refractivity contribution in [3.63, 3.8) is 0 Å². The maximum absolute atomic E-state index is 11.9. The van der Waals surface area contributed by atoms with Crippen LogP contribution in [0.5, 0.6) is 0 Å². The fourth-order valence-electron chi connectivity index (χ4n) is 1.19. The molecular weight excluding hydrogens is 246 g/mol. The Bertz CT molecular complexity index is 511. The van der Waals surface area contributed by atoms with E-state index in [-0.39, 0.29) is 27.9 Å². The van der Waals surface area contributed by atoms with Gasteiger partial charge in [-0.25, -0.2) is 0 Å². The van der Waals surface area contributed by atoms with Crippen molar-refractivity contribution in [2.24, 2.45) is 0 Å². The zero-order valence-corrected chi connectivity index (χ0v) is 9.88. The van der Waals surface area contributed by atoms with Crippen LogP contribution in [0.25, 0.3) is 0 Å². The molecule has 0 atom stereocenters. The molecule has 0 bridgehead atoms. The van der Waals surface area contributed by atoms with Crippen molar-refractivity contribution in [3.8, 4) is 0 Å². The van der Waals surface area contributed by atoms with E-state index in [0.29, 0.717) is 6.29 Å². The molecule has 6 nitrogen and oxygen atoms in total. The second kappa shape index (κ2) is 5.55. The van der Waals surface area contributed by atoms with Gasteiger partial charge in [-0.3, -0.25) is 14.4 Å². The molecule has 0 aromatic heterocycles. The molecular formula is C10H11NO5S. The van der Waals surface area contributed by atoms with Crippen LogP contribution >= 0.6 is 0 Å². The molecule has 0 fully saturated rings. The predicted octanol–water partition coefficient (Wildman–Crippen LogP) is 0.598. The molecule has 1 aromatic rings. The summed E-state index contributed by atoms with van der Waals surface area (Å²) >= 11 is 0. The number of amides is 1. The van der Waals surface area contributed by atoms with Gasteiger partial charge in [0.25, 0.3) is 10.0 Å². The first kappa shape index (κ1) is 13.3. The van der Waals surface area contributed by atoms with Gasteiger partial charge in [-0.05, 0) is 13.0 Å². The molecule has 1 aromatic carbocycles. The molecule has 7 heteroatoms. The first-order valence-electron chi connectivity index (χ1n) is 4.74. The van der Waals surface area contributed by atoms with Gasteiger partial charge in [-0.2, -0.15) is 8.42 Å². The van der Waals surface area contributed by atoms with E-state index < -0.39 is 10.0 Å². The zero-order chi connectivity index (χ0) is 12.9. The molecule has 92 valence electrons. The highest BCUT2D eigenvalue weighted by Crippen LogP contribution is 2.18. The number of hydrogen-bond donors (Lipinski definition) is 0. The minimum atomic E-state index is -4.14. The Kier molecular flexibility index (Phi) is 4.36. The highest BCUT2D eigenvalue weighted by Gasteiger charge is 2.26. The van der Waals surface area contributed by atoms with Crippen LogP contribution in [-0.2, 0) is 19.7 Å². The topological polar surface area (TPSA) is 80.8 Å². The van der Waals surface area contributed by atoms with Gasteiger partial charge in [-0.1, -0.05) is 18.2 Å². The van der Waals surface area contributed by atoms with Crippen molar-refractivity contribution >= 4 is 22.7 Å². The van der Waals surface area contributed by atoms with Crippen molar-refractivity contribution in [1.29, 1.82) is 0 Å². The van der Waals surface area contributed by atoms with Gasteiger partial charge in [0, 0.05) is 5.56 Å². The molecule has 0 radical (unpaired) electrons. The SMILES string of the molecule is CCON(C=O)S(=O)(=O)c1ccccc1C=O. The first-order chi connectivity index (χ1) is 8.07. The van der Waals surface area contributed by atoms with Crippen molar-refractivity contribution < 1.29 is 22.8 Å². The Balaban J connectivity index is 3.29. The van der Waals surface area contributed by atoms with Crippen molar-refractivity contribution in [1.82, 2.24) is 4.47 Å². The lowest BCUT2D eigenvalue weighted by atomic mass is 10.2. The van der Waals surface area contributed by atoms with E-state index >= 15 is 0 Å². The monoisotopic (exact) mass is 257 g/mol. The Morgan fingerprint density at radius 3 is 2.47 bits per heavy atom. The van der Waals surface area contributed by atoms with Gasteiger partial charge in [0.05, 0.1) is 6.61 Å². The van der Waals surface area contributed by atoms with Crippen LogP contribution in [0.2, 0.25) is 0 Å². The number of hydroxylamine groups is 1. The molecule has 0 aliphatic carbocycles. The summed E-state index contributed by atoms with van der Waals surface area (Å²) in [4.78, 5) is 25.8. The van der Waals surface area contributed by atoms with Crippen LogP contribution < -0.4 is 0 Å². The maximum Gasteiger partial charge on any atom is 0.289 e. The number of hydrogen-bond acceptors (Lipinski definition) is 5. The largest absolute Gasteiger partial charge is 0.298 e. The van der Waals surface area contributed by atoms with E-state index in [1.165, 1.54) is 31.2 Å². The summed E-state index contributed by atoms with van der Waals surface area (Å²) < 4.78 is 24.1. The quantitative estimate of drug-likeness (QED) is 0.550. The van der Waals surface area contributed by atoms with E-state index in [0.717, 1.165) is 0 Å². The molecule has 17 heavy (non-hydrogen) atoms. The van der Waals surface area contributed by atoms with Crippen molar-refractivity contribution in [3.05, 3.63) is 29.8 Å². The number of carbonyl (C=O) groups excluding carboxylic acids is 2.